The van der Waals surface area contributed by atoms with E-state index in [2.05, 4.69) is 12.2 Å². The van der Waals surface area contributed by atoms with Crippen molar-refractivity contribution in [2.45, 2.75) is 32.9 Å². The molecule has 2 rings (SSSR count). The maximum absolute atomic E-state index is 11.5. The highest BCUT2D eigenvalue weighted by Gasteiger charge is 2.24. The van der Waals surface area contributed by atoms with Crippen LogP contribution in [0.1, 0.15) is 32.4 Å². The van der Waals surface area contributed by atoms with Crippen molar-refractivity contribution in [1.29, 1.82) is 0 Å². The molecule has 5 nitrogen and oxygen atoms in total. The predicted octanol–water partition coefficient (Wildman–Crippen LogP) is 2.06. The lowest BCUT2D eigenvalue weighted by molar-refractivity contribution is -0.150. The van der Waals surface area contributed by atoms with E-state index in [9.17, 15) is 4.79 Å². The molecular weight excluding hydrogens is 258 g/mol. The van der Waals surface area contributed by atoms with Gasteiger partial charge >= 0.3 is 5.97 Å². The van der Waals surface area contributed by atoms with Gasteiger partial charge in [0.2, 0.25) is 0 Å². The molecule has 0 spiro atoms. The molecule has 1 aromatic carbocycles. The van der Waals surface area contributed by atoms with Crippen LogP contribution in [0.25, 0.3) is 0 Å². The van der Waals surface area contributed by atoms with Crippen LogP contribution in [-0.2, 0) is 9.53 Å². The first-order valence-corrected chi connectivity index (χ1v) is 6.99. The van der Waals surface area contributed by atoms with Crippen LogP contribution < -0.4 is 14.8 Å². The van der Waals surface area contributed by atoms with Crippen molar-refractivity contribution in [3.05, 3.63) is 23.8 Å². The first-order valence-electron chi connectivity index (χ1n) is 6.99. The Morgan fingerprint density at radius 2 is 2.30 bits per heavy atom. The Kier molecular flexibility index (Phi) is 4.84. The van der Waals surface area contributed by atoms with Crippen molar-refractivity contribution < 1.29 is 19.0 Å². The second-order valence-corrected chi connectivity index (χ2v) is 4.63. The van der Waals surface area contributed by atoms with E-state index in [1.165, 1.54) is 0 Å². The van der Waals surface area contributed by atoms with E-state index in [0.717, 1.165) is 17.9 Å². The smallest absolute Gasteiger partial charge is 0.347 e. The molecule has 2 unspecified atom stereocenters. The minimum absolute atomic E-state index is 0.228. The number of fused-ring (bicyclic) bond motifs is 1. The molecule has 0 saturated carbocycles. The Balaban J connectivity index is 2.03. The number of carbonyl (C=O) groups is 1. The Morgan fingerprint density at radius 1 is 1.50 bits per heavy atom. The predicted molar refractivity (Wildman–Crippen MR) is 75.1 cm³/mol. The monoisotopic (exact) mass is 279 g/mol. The molecule has 2 atom stereocenters. The molecule has 0 aromatic heterocycles. The number of rotatable bonds is 6. The summed E-state index contributed by atoms with van der Waals surface area (Å²) < 4.78 is 16.1. The molecule has 1 N–H and O–H groups in total. The van der Waals surface area contributed by atoms with Crippen LogP contribution in [0.15, 0.2) is 18.2 Å². The van der Waals surface area contributed by atoms with E-state index in [1.54, 1.807) is 13.8 Å². The van der Waals surface area contributed by atoms with Crippen LogP contribution in [-0.4, -0.2) is 31.8 Å². The molecule has 110 valence electrons. The van der Waals surface area contributed by atoms with Crippen LogP contribution >= 0.6 is 0 Å². The van der Waals surface area contributed by atoms with Crippen molar-refractivity contribution >= 4 is 5.97 Å². The van der Waals surface area contributed by atoms with Gasteiger partial charge in [0.15, 0.2) is 6.10 Å². The topological polar surface area (TPSA) is 56.8 Å². The minimum Gasteiger partial charge on any atom is -0.491 e. The molecule has 0 radical (unpaired) electrons. The second kappa shape index (κ2) is 6.61. The molecule has 1 aromatic rings. The third-order valence-corrected chi connectivity index (χ3v) is 3.15. The van der Waals surface area contributed by atoms with Gasteiger partial charge in [-0.2, -0.15) is 0 Å². The maximum Gasteiger partial charge on any atom is 0.347 e. The van der Waals surface area contributed by atoms with Crippen molar-refractivity contribution in [1.82, 2.24) is 5.32 Å². The van der Waals surface area contributed by atoms with E-state index in [-0.39, 0.29) is 12.0 Å². The standard InChI is InChI=1S/C15H21NO4/c1-4-16-13-9-19-14-8-11(6-7-12(13)14)20-10(3)15(17)18-5-2/h6-8,10,13,16H,4-5,9H2,1-3H3. The average molecular weight is 279 g/mol. The van der Waals surface area contributed by atoms with Crippen LogP contribution in [0.2, 0.25) is 0 Å². The number of likely N-dealkylation sites (N-methyl/N-ethyl adjacent to an activating group) is 1. The summed E-state index contributed by atoms with van der Waals surface area (Å²) in [6, 6.07) is 5.88. The van der Waals surface area contributed by atoms with Gasteiger partial charge in [-0.15, -0.1) is 0 Å². The number of ether oxygens (including phenoxy) is 3. The third kappa shape index (κ3) is 3.22. The zero-order chi connectivity index (χ0) is 14.5. The summed E-state index contributed by atoms with van der Waals surface area (Å²) in [6.07, 6.45) is -0.626. The van der Waals surface area contributed by atoms with Crippen LogP contribution in [0.3, 0.4) is 0 Å². The normalized spacial score (nSPS) is 18.1. The van der Waals surface area contributed by atoms with Gasteiger partial charge in [0.05, 0.1) is 12.6 Å². The molecule has 5 heteroatoms. The van der Waals surface area contributed by atoms with E-state index >= 15 is 0 Å². The fourth-order valence-electron chi connectivity index (χ4n) is 2.19. The number of hydrogen-bond donors (Lipinski definition) is 1. The number of hydrogen-bond acceptors (Lipinski definition) is 5. The molecule has 0 amide bonds. The number of carbonyl (C=O) groups excluding carboxylic acids is 1. The van der Waals surface area contributed by atoms with Gasteiger partial charge in [-0.05, 0) is 32.5 Å². The lowest BCUT2D eigenvalue weighted by atomic mass is 10.1. The van der Waals surface area contributed by atoms with Crippen LogP contribution in [0, 0.1) is 0 Å². The first-order chi connectivity index (χ1) is 9.65. The van der Waals surface area contributed by atoms with E-state index in [4.69, 9.17) is 14.2 Å². The molecule has 0 aliphatic carbocycles. The largest absolute Gasteiger partial charge is 0.491 e. The van der Waals surface area contributed by atoms with Crippen LogP contribution in [0.5, 0.6) is 11.5 Å². The highest BCUT2D eigenvalue weighted by atomic mass is 16.6. The lowest BCUT2D eigenvalue weighted by Crippen LogP contribution is -2.26. The zero-order valence-corrected chi connectivity index (χ0v) is 12.1. The Labute approximate surface area is 119 Å². The first kappa shape index (κ1) is 14.7. The Bertz CT molecular complexity index is 475. The lowest BCUT2D eigenvalue weighted by Gasteiger charge is -2.14. The molecule has 20 heavy (non-hydrogen) atoms. The number of benzene rings is 1. The van der Waals surface area contributed by atoms with Gasteiger partial charge in [-0.1, -0.05) is 6.92 Å². The summed E-state index contributed by atoms with van der Waals surface area (Å²) in [4.78, 5) is 11.5. The Hall–Kier alpha value is -1.75. The Morgan fingerprint density at radius 3 is 3.00 bits per heavy atom. The highest BCUT2D eigenvalue weighted by molar-refractivity contribution is 5.74. The van der Waals surface area contributed by atoms with Crippen molar-refractivity contribution in [2.75, 3.05) is 19.8 Å². The van der Waals surface area contributed by atoms with Gasteiger partial charge < -0.3 is 19.5 Å². The van der Waals surface area contributed by atoms with E-state index in [1.807, 2.05) is 18.2 Å². The average Bonchev–Trinajstić information content (AvgIpc) is 2.82. The molecular formula is C15H21NO4. The molecule has 0 fully saturated rings. The summed E-state index contributed by atoms with van der Waals surface area (Å²) in [5.74, 6) is 1.06. The number of esters is 1. The maximum atomic E-state index is 11.5. The van der Waals surface area contributed by atoms with E-state index < -0.39 is 6.10 Å². The molecule has 1 aliphatic rings. The molecule has 0 saturated heterocycles. The fourth-order valence-corrected chi connectivity index (χ4v) is 2.19. The van der Waals surface area contributed by atoms with E-state index in [0.29, 0.717) is 19.0 Å². The minimum atomic E-state index is -0.626. The van der Waals surface area contributed by atoms with Crippen LogP contribution in [0.4, 0.5) is 0 Å². The van der Waals surface area contributed by atoms with Crippen molar-refractivity contribution in [3.63, 3.8) is 0 Å². The summed E-state index contributed by atoms with van der Waals surface area (Å²) in [5.41, 5.74) is 1.13. The third-order valence-electron chi connectivity index (χ3n) is 3.15. The quantitative estimate of drug-likeness (QED) is 0.808. The van der Waals surface area contributed by atoms with Gasteiger partial charge in [-0.3, -0.25) is 0 Å². The second-order valence-electron chi connectivity index (χ2n) is 4.63. The van der Waals surface area contributed by atoms with Gasteiger partial charge in [0.1, 0.15) is 18.1 Å². The van der Waals surface area contributed by atoms with Crippen molar-refractivity contribution in [3.8, 4) is 11.5 Å². The molecule has 1 aliphatic heterocycles. The van der Waals surface area contributed by atoms with Gasteiger partial charge in [0, 0.05) is 11.6 Å². The highest BCUT2D eigenvalue weighted by Crippen LogP contribution is 2.35. The number of nitrogens with one attached hydrogen (secondary N) is 1. The fraction of sp³-hybridized carbons (Fsp3) is 0.533. The SMILES string of the molecule is CCNC1COc2cc(OC(C)C(=O)OCC)ccc21. The summed E-state index contributed by atoms with van der Waals surface area (Å²) in [7, 11) is 0. The summed E-state index contributed by atoms with van der Waals surface area (Å²) in [5, 5.41) is 3.36. The zero-order valence-electron chi connectivity index (χ0n) is 12.1. The molecule has 0 bridgehead atoms. The molecule has 1 heterocycles. The summed E-state index contributed by atoms with van der Waals surface area (Å²) >= 11 is 0. The van der Waals surface area contributed by atoms with Gasteiger partial charge in [-0.25, -0.2) is 4.79 Å². The van der Waals surface area contributed by atoms with Crippen molar-refractivity contribution in [2.24, 2.45) is 0 Å². The van der Waals surface area contributed by atoms with Gasteiger partial charge in [0.25, 0.3) is 0 Å². The summed E-state index contributed by atoms with van der Waals surface area (Å²) in [6.45, 7) is 7.38.